The summed E-state index contributed by atoms with van der Waals surface area (Å²) in [5.41, 5.74) is 3.11. The first-order valence-electron chi connectivity index (χ1n) is 7.74. The van der Waals surface area contributed by atoms with Crippen molar-refractivity contribution in [3.8, 4) is 0 Å². The number of fused-ring (bicyclic) bond motifs is 1. The second kappa shape index (κ2) is 7.54. The molecule has 27 heavy (non-hydrogen) atoms. The lowest BCUT2D eigenvalue weighted by atomic mass is 10.1. The molecule has 8 nitrogen and oxygen atoms in total. The molecule has 9 heteroatoms. The van der Waals surface area contributed by atoms with Gasteiger partial charge in [-0.15, -0.1) is 0 Å². The Morgan fingerprint density at radius 2 is 1.78 bits per heavy atom. The van der Waals surface area contributed by atoms with Crippen molar-refractivity contribution in [3.05, 3.63) is 72.4 Å². The molecule has 0 unspecified atom stereocenters. The standard InChI is InChI=1S/C18H15N3O5S/c22-18(20-23)10-7-13-5-8-14(9-6-13)21(27(24,25)26)17-11-12-19-16-4-2-1-3-15(16)17/h1-12,23H,(H,20,22)(H,24,25,26)/b10-7+. The van der Waals surface area contributed by atoms with Gasteiger partial charge in [0.1, 0.15) is 0 Å². The highest BCUT2D eigenvalue weighted by Gasteiger charge is 2.23. The number of amides is 1. The minimum absolute atomic E-state index is 0.206. The highest BCUT2D eigenvalue weighted by molar-refractivity contribution is 7.87. The third-order valence-electron chi connectivity index (χ3n) is 3.74. The molecule has 0 saturated carbocycles. The fourth-order valence-corrected chi connectivity index (χ4v) is 3.38. The Morgan fingerprint density at radius 3 is 2.44 bits per heavy atom. The van der Waals surface area contributed by atoms with Crippen LogP contribution < -0.4 is 9.79 Å². The number of hydrogen-bond donors (Lipinski definition) is 3. The molecule has 3 N–H and O–H groups in total. The SMILES string of the molecule is O=C(/C=C/c1ccc(N(c2ccnc3ccccc23)S(=O)(=O)O)cc1)NO. The lowest BCUT2D eigenvalue weighted by molar-refractivity contribution is -0.124. The summed E-state index contributed by atoms with van der Waals surface area (Å²) in [7, 11) is -4.61. The van der Waals surface area contributed by atoms with Crippen molar-refractivity contribution in [2.75, 3.05) is 4.31 Å². The van der Waals surface area contributed by atoms with Crippen molar-refractivity contribution in [2.24, 2.45) is 0 Å². The number of aromatic nitrogens is 1. The molecule has 0 aliphatic heterocycles. The van der Waals surface area contributed by atoms with Gasteiger partial charge in [-0.1, -0.05) is 30.3 Å². The number of rotatable bonds is 5. The number of benzene rings is 2. The Balaban J connectivity index is 2.07. The third kappa shape index (κ3) is 4.11. The predicted octanol–water partition coefficient (Wildman–Crippen LogP) is 2.69. The average molecular weight is 385 g/mol. The van der Waals surface area contributed by atoms with Gasteiger partial charge in [-0.3, -0.25) is 19.5 Å². The molecule has 3 aromatic rings. The van der Waals surface area contributed by atoms with Crippen LogP contribution in [0.15, 0.2) is 66.9 Å². The lowest BCUT2D eigenvalue weighted by Gasteiger charge is -2.22. The predicted molar refractivity (Wildman–Crippen MR) is 101 cm³/mol. The van der Waals surface area contributed by atoms with Gasteiger partial charge in [-0.25, -0.2) is 9.79 Å². The van der Waals surface area contributed by atoms with E-state index in [1.54, 1.807) is 36.4 Å². The summed E-state index contributed by atoms with van der Waals surface area (Å²) in [4.78, 5) is 15.2. The Bertz CT molecular complexity index is 1110. The van der Waals surface area contributed by atoms with Gasteiger partial charge in [-0.05, 0) is 35.9 Å². The number of carbonyl (C=O) groups is 1. The quantitative estimate of drug-likeness (QED) is 0.269. The van der Waals surface area contributed by atoms with E-state index >= 15 is 0 Å². The zero-order chi connectivity index (χ0) is 19.4. The summed E-state index contributed by atoms with van der Waals surface area (Å²) in [6.45, 7) is 0. The van der Waals surface area contributed by atoms with Crippen LogP contribution in [0.2, 0.25) is 0 Å². The fraction of sp³-hybridized carbons (Fsp3) is 0. The van der Waals surface area contributed by atoms with Gasteiger partial charge in [0.05, 0.1) is 16.9 Å². The van der Waals surface area contributed by atoms with E-state index in [0.717, 1.165) is 10.4 Å². The van der Waals surface area contributed by atoms with E-state index in [9.17, 15) is 17.8 Å². The summed E-state index contributed by atoms with van der Waals surface area (Å²) in [5, 5.41) is 9.03. The molecule has 138 valence electrons. The second-order valence-corrected chi connectivity index (χ2v) is 6.75. The zero-order valence-electron chi connectivity index (χ0n) is 13.9. The molecule has 0 bridgehead atoms. The largest absolute Gasteiger partial charge is 0.364 e. The summed E-state index contributed by atoms with van der Waals surface area (Å²) < 4.78 is 34.8. The molecular formula is C18H15N3O5S. The van der Waals surface area contributed by atoms with Crippen LogP contribution in [0.5, 0.6) is 0 Å². The molecule has 0 spiro atoms. The van der Waals surface area contributed by atoms with E-state index in [-0.39, 0.29) is 11.4 Å². The number of pyridine rings is 1. The number of nitrogens with one attached hydrogen (secondary N) is 1. The molecule has 3 rings (SSSR count). The molecule has 0 atom stereocenters. The summed E-state index contributed by atoms with van der Waals surface area (Å²) >= 11 is 0. The number of hydrogen-bond acceptors (Lipinski definition) is 5. The maximum absolute atomic E-state index is 12.1. The lowest BCUT2D eigenvalue weighted by Crippen LogP contribution is -2.25. The highest BCUT2D eigenvalue weighted by Crippen LogP contribution is 2.33. The van der Waals surface area contributed by atoms with Crippen LogP contribution in [0, 0.1) is 0 Å². The number of nitrogens with zero attached hydrogens (tertiary/aromatic N) is 2. The first-order chi connectivity index (χ1) is 12.9. The van der Waals surface area contributed by atoms with E-state index in [0.29, 0.717) is 16.5 Å². The minimum Gasteiger partial charge on any atom is -0.288 e. The Kier molecular flexibility index (Phi) is 5.17. The smallest absolute Gasteiger partial charge is 0.288 e. The number of anilines is 2. The molecule has 0 saturated heterocycles. The van der Waals surface area contributed by atoms with Crippen LogP contribution in [0.4, 0.5) is 11.4 Å². The van der Waals surface area contributed by atoms with Crippen LogP contribution in [0.1, 0.15) is 5.56 Å². The second-order valence-electron chi connectivity index (χ2n) is 5.49. The minimum atomic E-state index is -4.61. The van der Waals surface area contributed by atoms with Gasteiger partial charge in [-0.2, -0.15) is 8.42 Å². The molecule has 0 radical (unpaired) electrons. The van der Waals surface area contributed by atoms with Gasteiger partial charge in [0.2, 0.25) is 0 Å². The Hall–Kier alpha value is -3.27. The van der Waals surface area contributed by atoms with Crippen LogP contribution in [-0.4, -0.2) is 29.1 Å². The number of hydroxylamine groups is 1. The van der Waals surface area contributed by atoms with Gasteiger partial charge in [0.25, 0.3) is 5.91 Å². The van der Waals surface area contributed by atoms with Crippen molar-refractivity contribution in [2.45, 2.75) is 0 Å². The monoisotopic (exact) mass is 385 g/mol. The van der Waals surface area contributed by atoms with Crippen LogP contribution >= 0.6 is 0 Å². The molecule has 1 aromatic heterocycles. The molecule has 2 aromatic carbocycles. The van der Waals surface area contributed by atoms with Crippen LogP contribution in [0.25, 0.3) is 17.0 Å². The Labute approximate surface area is 155 Å². The molecule has 0 aliphatic carbocycles. The topological polar surface area (TPSA) is 120 Å². The first-order valence-corrected chi connectivity index (χ1v) is 9.13. The van der Waals surface area contributed by atoms with Gasteiger partial charge in [0.15, 0.2) is 0 Å². The summed E-state index contributed by atoms with van der Waals surface area (Å²) in [6, 6.07) is 14.6. The van der Waals surface area contributed by atoms with Gasteiger partial charge >= 0.3 is 10.3 Å². The average Bonchev–Trinajstić information content (AvgIpc) is 2.66. The zero-order valence-corrected chi connectivity index (χ0v) is 14.7. The van der Waals surface area contributed by atoms with E-state index < -0.39 is 16.2 Å². The van der Waals surface area contributed by atoms with Crippen molar-refractivity contribution >= 4 is 44.6 Å². The summed E-state index contributed by atoms with van der Waals surface area (Å²) in [5.74, 6) is -0.693. The normalized spacial score (nSPS) is 11.6. The molecule has 0 aliphatic rings. The number of carbonyl (C=O) groups excluding carboxylic acids is 1. The van der Waals surface area contributed by atoms with Crippen molar-refractivity contribution in [1.29, 1.82) is 0 Å². The van der Waals surface area contributed by atoms with Crippen molar-refractivity contribution in [1.82, 2.24) is 10.5 Å². The molecular weight excluding hydrogens is 370 g/mol. The van der Waals surface area contributed by atoms with Gasteiger partial charge < -0.3 is 0 Å². The Morgan fingerprint density at radius 1 is 1.07 bits per heavy atom. The molecule has 0 fully saturated rings. The first kappa shape index (κ1) is 18.5. The molecule has 1 heterocycles. The van der Waals surface area contributed by atoms with E-state index in [2.05, 4.69) is 4.98 Å². The van der Waals surface area contributed by atoms with Crippen molar-refractivity contribution < 1.29 is 23.0 Å². The third-order valence-corrected chi connectivity index (χ3v) is 4.61. The van der Waals surface area contributed by atoms with Crippen molar-refractivity contribution in [3.63, 3.8) is 0 Å². The van der Waals surface area contributed by atoms with Crippen LogP contribution in [0.3, 0.4) is 0 Å². The van der Waals surface area contributed by atoms with E-state index in [4.69, 9.17) is 5.21 Å². The summed E-state index contributed by atoms with van der Waals surface area (Å²) in [6.07, 6.45) is 4.02. The van der Waals surface area contributed by atoms with Gasteiger partial charge in [0, 0.05) is 17.7 Å². The maximum Gasteiger partial charge on any atom is 0.364 e. The molecule has 1 amide bonds. The van der Waals surface area contributed by atoms with E-state index in [1.807, 2.05) is 0 Å². The maximum atomic E-state index is 12.1. The van der Waals surface area contributed by atoms with E-state index in [1.165, 1.54) is 36.0 Å². The van der Waals surface area contributed by atoms with Crippen LogP contribution in [-0.2, 0) is 15.1 Å². The number of para-hydroxylation sites is 1. The fourth-order valence-electron chi connectivity index (χ4n) is 2.58. The highest BCUT2D eigenvalue weighted by atomic mass is 32.2.